The second-order valence-electron chi connectivity index (χ2n) is 5.77. The van der Waals surface area contributed by atoms with Crippen LogP contribution < -0.4 is 0 Å². The number of hydrogen-bond donors (Lipinski definition) is 0. The predicted octanol–water partition coefficient (Wildman–Crippen LogP) is 3.08. The van der Waals surface area contributed by atoms with Gasteiger partial charge >= 0.3 is 0 Å². The van der Waals surface area contributed by atoms with Gasteiger partial charge in [-0.3, -0.25) is 10.1 Å². The molecule has 0 N–H and O–H groups in total. The fraction of sp³-hybridized carbons (Fsp3) is 0.200. The molecule has 0 atom stereocenters. The number of benzene rings is 2. The topological polar surface area (TPSA) is 80.5 Å². The molecule has 0 unspecified atom stereocenters. The van der Waals surface area contributed by atoms with Gasteiger partial charge in [-0.25, -0.2) is 30.4 Å². The minimum atomic E-state index is -4.96. The molecule has 3 rings (SSSR count). The molecule has 2 aromatic rings. The lowest BCUT2D eigenvalue weighted by Gasteiger charge is -2.38. The smallest absolute Gasteiger partial charge is 0.258 e. The monoisotopic (exact) mass is 408 g/mol. The summed E-state index contributed by atoms with van der Waals surface area (Å²) < 4.78 is 92.3. The summed E-state index contributed by atoms with van der Waals surface area (Å²) >= 11 is 0. The first kappa shape index (κ1) is 19.2. The molecule has 144 valence electrons. The van der Waals surface area contributed by atoms with Crippen molar-refractivity contribution in [3.8, 4) is 0 Å². The van der Waals surface area contributed by atoms with Crippen molar-refractivity contribution < 1.29 is 35.3 Å². The number of sulfonamides is 1. The zero-order chi connectivity index (χ0) is 20.1. The molecule has 0 aliphatic carbocycles. The number of hydrogen-bond acceptors (Lipinski definition) is 4. The first-order valence-electron chi connectivity index (χ1n) is 7.31. The second-order valence-corrected chi connectivity index (χ2v) is 7.64. The van der Waals surface area contributed by atoms with E-state index in [1.807, 2.05) is 0 Å². The Kier molecular flexibility index (Phi) is 4.64. The lowest BCUT2D eigenvalue weighted by molar-refractivity contribution is -0.384. The number of non-ortho nitro benzene ring substituents is 1. The normalized spacial score (nSPS) is 15.6. The van der Waals surface area contributed by atoms with Crippen LogP contribution >= 0.6 is 0 Å². The Bertz CT molecular complexity index is 1010. The van der Waals surface area contributed by atoms with Gasteiger partial charge in [0.15, 0.2) is 28.2 Å². The summed E-state index contributed by atoms with van der Waals surface area (Å²) in [7, 11) is -4.96. The van der Waals surface area contributed by atoms with Crippen LogP contribution in [0.5, 0.6) is 0 Å². The largest absolute Gasteiger partial charge is 0.269 e. The first-order chi connectivity index (χ1) is 12.6. The summed E-state index contributed by atoms with van der Waals surface area (Å²) in [6.45, 7) is -0.556. The van der Waals surface area contributed by atoms with Crippen molar-refractivity contribution >= 4 is 15.7 Å². The lowest BCUT2D eigenvalue weighted by Crippen LogP contribution is -2.48. The van der Waals surface area contributed by atoms with E-state index in [1.54, 1.807) is 0 Å². The van der Waals surface area contributed by atoms with Crippen molar-refractivity contribution in [3.05, 3.63) is 69.0 Å². The van der Waals surface area contributed by atoms with E-state index < -0.39 is 54.8 Å². The Labute approximate surface area is 149 Å². The van der Waals surface area contributed by atoms with E-state index in [-0.39, 0.29) is 18.8 Å². The molecule has 27 heavy (non-hydrogen) atoms. The highest BCUT2D eigenvalue weighted by Gasteiger charge is 2.42. The van der Waals surface area contributed by atoms with Gasteiger partial charge in [0.05, 0.1) is 4.92 Å². The number of halogens is 5. The maximum absolute atomic E-state index is 13.8. The summed E-state index contributed by atoms with van der Waals surface area (Å²) in [4.78, 5) is 8.09. The SMILES string of the molecule is O=[N+]([O-])c1ccc(C2CN(S(=O)(=O)c3c(F)c(F)c(F)c(F)c3F)C2)cc1. The number of nitro benzene ring substituents is 1. The predicted molar refractivity (Wildman–Crippen MR) is 80.8 cm³/mol. The maximum Gasteiger partial charge on any atom is 0.269 e. The van der Waals surface area contributed by atoms with E-state index in [1.165, 1.54) is 24.3 Å². The van der Waals surface area contributed by atoms with Crippen LogP contribution in [0.25, 0.3) is 0 Å². The average molecular weight is 408 g/mol. The van der Waals surface area contributed by atoms with Crippen LogP contribution in [-0.4, -0.2) is 30.7 Å². The Balaban J connectivity index is 1.86. The molecule has 1 aliphatic rings. The lowest BCUT2D eigenvalue weighted by atomic mass is 9.94. The van der Waals surface area contributed by atoms with Gasteiger partial charge in [-0.15, -0.1) is 0 Å². The fourth-order valence-electron chi connectivity index (χ4n) is 2.65. The zero-order valence-electron chi connectivity index (χ0n) is 13.1. The molecule has 0 spiro atoms. The molecule has 6 nitrogen and oxygen atoms in total. The highest BCUT2D eigenvalue weighted by Crippen LogP contribution is 2.35. The van der Waals surface area contributed by atoms with Crippen molar-refractivity contribution in [3.63, 3.8) is 0 Å². The van der Waals surface area contributed by atoms with Gasteiger partial charge < -0.3 is 0 Å². The molecule has 1 saturated heterocycles. The minimum Gasteiger partial charge on any atom is -0.258 e. The van der Waals surface area contributed by atoms with E-state index in [0.29, 0.717) is 9.87 Å². The van der Waals surface area contributed by atoms with Crippen molar-refractivity contribution in [2.75, 3.05) is 13.1 Å². The average Bonchev–Trinajstić information content (AvgIpc) is 2.57. The summed E-state index contributed by atoms with van der Waals surface area (Å²) in [6.07, 6.45) is 0. The van der Waals surface area contributed by atoms with Crippen molar-refractivity contribution in [1.29, 1.82) is 0 Å². The molecule has 1 fully saturated rings. The summed E-state index contributed by atoms with van der Waals surface area (Å²) in [5.74, 6) is -12.4. The van der Waals surface area contributed by atoms with E-state index in [0.717, 1.165) is 0 Å². The standard InChI is InChI=1S/C15H9F5N2O4S/c16-10-11(17)13(19)15(14(20)12(10)18)27(25,26)21-5-8(6-21)7-1-3-9(4-2-7)22(23)24/h1-4,8H,5-6H2. The van der Waals surface area contributed by atoms with Gasteiger partial charge in [-0.05, 0) is 5.56 Å². The molecule has 0 amide bonds. The van der Waals surface area contributed by atoms with Gasteiger partial charge in [0.25, 0.3) is 5.69 Å². The van der Waals surface area contributed by atoms with E-state index in [4.69, 9.17) is 0 Å². The molecule has 0 bridgehead atoms. The van der Waals surface area contributed by atoms with Gasteiger partial charge in [-0.1, -0.05) is 12.1 Å². The molecule has 12 heteroatoms. The molecule has 1 heterocycles. The van der Waals surface area contributed by atoms with Gasteiger partial charge in [0.2, 0.25) is 15.8 Å². The Hall–Kier alpha value is -2.60. The van der Waals surface area contributed by atoms with Crippen LogP contribution in [0.4, 0.5) is 27.6 Å². The minimum absolute atomic E-state index is 0.177. The van der Waals surface area contributed by atoms with Crippen LogP contribution in [0.15, 0.2) is 29.2 Å². The Morgan fingerprint density at radius 3 is 1.78 bits per heavy atom. The van der Waals surface area contributed by atoms with E-state index in [9.17, 15) is 40.5 Å². The number of nitrogens with zero attached hydrogens (tertiary/aromatic N) is 2. The zero-order valence-corrected chi connectivity index (χ0v) is 13.9. The van der Waals surface area contributed by atoms with Gasteiger partial charge in [0, 0.05) is 31.1 Å². The number of rotatable bonds is 4. The molecule has 0 radical (unpaired) electrons. The third-order valence-corrected chi connectivity index (χ3v) is 6.04. The third kappa shape index (κ3) is 3.04. The van der Waals surface area contributed by atoms with Crippen molar-refractivity contribution in [2.45, 2.75) is 10.8 Å². The second kappa shape index (κ2) is 6.53. The van der Waals surface area contributed by atoms with Crippen molar-refractivity contribution in [2.24, 2.45) is 0 Å². The molecule has 1 aliphatic heterocycles. The molecule has 2 aromatic carbocycles. The molecular formula is C15H9F5N2O4S. The summed E-state index contributed by atoms with van der Waals surface area (Å²) in [5.41, 5.74) is 0.355. The summed E-state index contributed by atoms with van der Waals surface area (Å²) in [5, 5.41) is 10.6. The maximum atomic E-state index is 13.8. The number of nitro groups is 1. The molecule has 0 saturated carbocycles. The highest BCUT2D eigenvalue weighted by atomic mass is 32.2. The van der Waals surface area contributed by atoms with E-state index in [2.05, 4.69) is 0 Å². The van der Waals surface area contributed by atoms with Crippen LogP contribution in [0, 0.1) is 39.2 Å². The Morgan fingerprint density at radius 1 is 0.889 bits per heavy atom. The van der Waals surface area contributed by atoms with Gasteiger partial charge in [-0.2, -0.15) is 4.31 Å². The van der Waals surface area contributed by atoms with Gasteiger partial charge in [0.1, 0.15) is 0 Å². The third-order valence-electron chi connectivity index (χ3n) is 4.19. The van der Waals surface area contributed by atoms with Crippen LogP contribution in [-0.2, 0) is 10.0 Å². The van der Waals surface area contributed by atoms with Crippen LogP contribution in [0.2, 0.25) is 0 Å². The molecular weight excluding hydrogens is 399 g/mol. The fourth-order valence-corrected chi connectivity index (χ4v) is 4.30. The quantitative estimate of drug-likeness (QED) is 0.256. The van der Waals surface area contributed by atoms with Crippen molar-refractivity contribution in [1.82, 2.24) is 4.31 Å². The first-order valence-corrected chi connectivity index (χ1v) is 8.75. The highest BCUT2D eigenvalue weighted by molar-refractivity contribution is 7.89. The van der Waals surface area contributed by atoms with Crippen LogP contribution in [0.3, 0.4) is 0 Å². The van der Waals surface area contributed by atoms with Crippen LogP contribution in [0.1, 0.15) is 11.5 Å². The Morgan fingerprint density at radius 2 is 1.33 bits per heavy atom. The molecule has 0 aromatic heterocycles. The summed E-state index contributed by atoms with van der Waals surface area (Å²) in [6, 6.07) is 5.20. The van der Waals surface area contributed by atoms with E-state index >= 15 is 0 Å².